The molecule has 0 aliphatic rings. The molecule has 0 saturated heterocycles. The van der Waals surface area contributed by atoms with Crippen molar-refractivity contribution in [1.82, 2.24) is 14.9 Å². The molecule has 0 aliphatic heterocycles. The molecule has 0 saturated carbocycles. The van der Waals surface area contributed by atoms with Gasteiger partial charge in [-0.1, -0.05) is 54.6 Å². The average Bonchev–Trinajstić information content (AvgIpc) is 3.17. The van der Waals surface area contributed by atoms with Gasteiger partial charge in [0.2, 0.25) is 4.77 Å². The van der Waals surface area contributed by atoms with Crippen molar-refractivity contribution in [2.75, 3.05) is 12.5 Å². The Morgan fingerprint density at radius 2 is 1.73 bits per heavy atom. The van der Waals surface area contributed by atoms with Gasteiger partial charge in [-0.15, -0.1) is 0 Å². The number of benzene rings is 3. The first kappa shape index (κ1) is 19.7. The monoisotopic (exact) mass is 418 g/mol. The Morgan fingerprint density at radius 3 is 2.57 bits per heavy atom. The Labute approximate surface area is 180 Å². The van der Waals surface area contributed by atoms with Crippen LogP contribution in [0.3, 0.4) is 0 Å². The maximum absolute atomic E-state index is 5.93. The van der Waals surface area contributed by atoms with Crippen molar-refractivity contribution in [3.8, 4) is 22.9 Å². The number of aromatic nitrogens is 3. The smallest absolute Gasteiger partial charge is 0.214 e. The Kier molecular flexibility index (Phi) is 6.10. The summed E-state index contributed by atoms with van der Waals surface area (Å²) < 4.78 is 13.6. The maximum atomic E-state index is 5.93. The lowest BCUT2D eigenvalue weighted by molar-refractivity contribution is 0.306. The second-order valence-electron chi connectivity index (χ2n) is 6.64. The Bertz CT molecular complexity index is 1170. The predicted octanol–water partition coefficient (Wildman–Crippen LogP) is 4.94. The quantitative estimate of drug-likeness (QED) is 0.397. The van der Waals surface area contributed by atoms with Crippen molar-refractivity contribution in [3.05, 3.63) is 94.8 Å². The SMILES string of the molecule is COc1ccccc1-c1n[nH]c(=S)n1NCc1cccc(OCc2ccccc2)c1. The van der Waals surface area contributed by atoms with Crippen LogP contribution in [-0.4, -0.2) is 22.0 Å². The second kappa shape index (κ2) is 9.28. The predicted molar refractivity (Wildman–Crippen MR) is 120 cm³/mol. The zero-order chi connectivity index (χ0) is 20.8. The lowest BCUT2D eigenvalue weighted by Gasteiger charge is -2.13. The van der Waals surface area contributed by atoms with Crippen LogP contribution in [-0.2, 0) is 13.2 Å². The molecule has 1 heterocycles. The molecule has 4 rings (SSSR count). The fourth-order valence-corrected chi connectivity index (χ4v) is 3.31. The minimum absolute atomic E-state index is 0.479. The molecule has 152 valence electrons. The molecular weight excluding hydrogens is 396 g/mol. The van der Waals surface area contributed by atoms with E-state index in [-0.39, 0.29) is 0 Å². The van der Waals surface area contributed by atoms with Crippen LogP contribution in [0.4, 0.5) is 0 Å². The Morgan fingerprint density at radius 1 is 0.967 bits per heavy atom. The van der Waals surface area contributed by atoms with Gasteiger partial charge in [0.05, 0.1) is 19.2 Å². The van der Waals surface area contributed by atoms with E-state index in [1.54, 1.807) is 11.8 Å². The van der Waals surface area contributed by atoms with Gasteiger partial charge in [-0.2, -0.15) is 5.10 Å². The maximum Gasteiger partial charge on any atom is 0.214 e. The number of rotatable bonds is 8. The average molecular weight is 419 g/mol. The summed E-state index contributed by atoms with van der Waals surface area (Å²) in [6.45, 7) is 1.08. The molecule has 0 atom stereocenters. The number of ether oxygens (including phenoxy) is 2. The summed E-state index contributed by atoms with van der Waals surface area (Å²) in [5.41, 5.74) is 6.38. The standard InChI is InChI=1S/C23H22N4O2S/c1-28-21-13-6-5-12-20(21)22-25-26-23(30)27(22)24-15-18-10-7-11-19(14-18)29-16-17-8-3-2-4-9-17/h2-14,24H,15-16H2,1H3,(H,26,30). The normalized spacial score (nSPS) is 10.6. The molecule has 6 nitrogen and oxygen atoms in total. The largest absolute Gasteiger partial charge is 0.496 e. The van der Waals surface area contributed by atoms with Crippen LogP contribution in [0.15, 0.2) is 78.9 Å². The molecule has 0 radical (unpaired) electrons. The Balaban J connectivity index is 1.48. The van der Waals surface area contributed by atoms with Gasteiger partial charge in [0.1, 0.15) is 18.1 Å². The van der Waals surface area contributed by atoms with Crippen molar-refractivity contribution in [3.63, 3.8) is 0 Å². The topological polar surface area (TPSA) is 64.1 Å². The molecule has 0 spiro atoms. The van der Waals surface area contributed by atoms with Crippen molar-refractivity contribution in [1.29, 1.82) is 0 Å². The van der Waals surface area contributed by atoms with E-state index >= 15 is 0 Å². The van der Waals surface area contributed by atoms with Crippen LogP contribution in [0, 0.1) is 4.77 Å². The van der Waals surface area contributed by atoms with Crippen LogP contribution in [0.5, 0.6) is 11.5 Å². The summed E-state index contributed by atoms with van der Waals surface area (Å²) in [4.78, 5) is 0. The summed E-state index contributed by atoms with van der Waals surface area (Å²) >= 11 is 5.41. The first-order chi connectivity index (χ1) is 14.7. The molecule has 0 amide bonds. The molecule has 0 aliphatic carbocycles. The van der Waals surface area contributed by atoms with Crippen molar-refractivity contribution < 1.29 is 9.47 Å². The lowest BCUT2D eigenvalue weighted by atomic mass is 10.2. The van der Waals surface area contributed by atoms with E-state index in [1.165, 1.54) is 0 Å². The van der Waals surface area contributed by atoms with Gasteiger partial charge < -0.3 is 14.9 Å². The number of H-pyrrole nitrogens is 1. The number of aromatic amines is 1. The van der Waals surface area contributed by atoms with Crippen LogP contribution in [0.25, 0.3) is 11.4 Å². The fraction of sp³-hybridized carbons (Fsp3) is 0.130. The molecular formula is C23H22N4O2S. The lowest BCUT2D eigenvalue weighted by Crippen LogP contribution is -2.16. The van der Waals surface area contributed by atoms with Crippen LogP contribution < -0.4 is 14.9 Å². The van der Waals surface area contributed by atoms with E-state index in [0.717, 1.165) is 28.2 Å². The van der Waals surface area contributed by atoms with E-state index in [0.29, 0.717) is 23.7 Å². The van der Waals surface area contributed by atoms with E-state index < -0.39 is 0 Å². The van der Waals surface area contributed by atoms with Gasteiger partial charge in [-0.25, -0.2) is 9.77 Å². The number of hydrogen-bond acceptors (Lipinski definition) is 5. The highest BCUT2D eigenvalue weighted by atomic mass is 32.1. The first-order valence-electron chi connectivity index (χ1n) is 9.55. The Hall–Kier alpha value is -3.58. The van der Waals surface area contributed by atoms with Gasteiger partial charge in [-0.05, 0) is 47.6 Å². The highest BCUT2D eigenvalue weighted by molar-refractivity contribution is 7.71. The van der Waals surface area contributed by atoms with Crippen LogP contribution in [0.1, 0.15) is 11.1 Å². The molecule has 3 aromatic carbocycles. The second-order valence-corrected chi connectivity index (χ2v) is 7.03. The molecule has 30 heavy (non-hydrogen) atoms. The van der Waals surface area contributed by atoms with Gasteiger partial charge in [0.25, 0.3) is 0 Å². The van der Waals surface area contributed by atoms with E-state index in [2.05, 4.69) is 15.6 Å². The van der Waals surface area contributed by atoms with Gasteiger partial charge in [0.15, 0.2) is 5.82 Å². The van der Waals surface area contributed by atoms with E-state index in [9.17, 15) is 0 Å². The highest BCUT2D eigenvalue weighted by Crippen LogP contribution is 2.27. The summed E-state index contributed by atoms with van der Waals surface area (Å²) in [6, 6.07) is 25.8. The highest BCUT2D eigenvalue weighted by Gasteiger charge is 2.13. The summed E-state index contributed by atoms with van der Waals surface area (Å²) in [6.07, 6.45) is 0. The fourth-order valence-electron chi connectivity index (χ4n) is 3.11. The van der Waals surface area contributed by atoms with Crippen molar-refractivity contribution in [2.45, 2.75) is 13.2 Å². The third-order valence-electron chi connectivity index (χ3n) is 4.61. The molecule has 0 unspecified atom stereocenters. The zero-order valence-electron chi connectivity index (χ0n) is 16.5. The molecule has 0 fully saturated rings. The van der Waals surface area contributed by atoms with Crippen LogP contribution >= 0.6 is 12.2 Å². The number of nitrogens with zero attached hydrogens (tertiary/aromatic N) is 2. The van der Waals surface area contributed by atoms with Crippen molar-refractivity contribution in [2.24, 2.45) is 0 Å². The molecule has 1 aromatic heterocycles. The van der Waals surface area contributed by atoms with E-state index in [4.69, 9.17) is 21.7 Å². The van der Waals surface area contributed by atoms with E-state index in [1.807, 2.05) is 78.9 Å². The molecule has 2 N–H and O–H groups in total. The number of para-hydroxylation sites is 1. The number of hydrogen-bond donors (Lipinski definition) is 2. The third kappa shape index (κ3) is 4.52. The first-order valence-corrected chi connectivity index (χ1v) is 9.96. The minimum Gasteiger partial charge on any atom is -0.496 e. The van der Waals surface area contributed by atoms with Crippen LogP contribution in [0.2, 0.25) is 0 Å². The zero-order valence-corrected chi connectivity index (χ0v) is 17.4. The molecule has 0 bridgehead atoms. The summed E-state index contributed by atoms with van der Waals surface area (Å²) in [5.74, 6) is 2.21. The van der Waals surface area contributed by atoms with Gasteiger partial charge in [0, 0.05) is 0 Å². The summed E-state index contributed by atoms with van der Waals surface area (Å²) in [5, 5.41) is 7.21. The van der Waals surface area contributed by atoms with Gasteiger partial charge in [-0.3, -0.25) is 0 Å². The minimum atomic E-state index is 0.479. The summed E-state index contributed by atoms with van der Waals surface area (Å²) in [7, 11) is 1.64. The van der Waals surface area contributed by atoms with Gasteiger partial charge >= 0.3 is 0 Å². The third-order valence-corrected chi connectivity index (χ3v) is 4.88. The molecule has 7 heteroatoms. The number of nitrogens with one attached hydrogen (secondary N) is 2. The van der Waals surface area contributed by atoms with Crippen molar-refractivity contribution >= 4 is 12.2 Å². The number of methoxy groups -OCH3 is 1. The molecule has 4 aromatic rings.